The number of H-pyrrole nitrogens is 1. The summed E-state index contributed by atoms with van der Waals surface area (Å²) in [6.07, 6.45) is 5.16. The molecule has 98 valence electrons. The second kappa shape index (κ2) is 5.58. The number of aromatic amines is 1. The van der Waals surface area contributed by atoms with Crippen LogP contribution in [0.25, 0.3) is 11.4 Å². The van der Waals surface area contributed by atoms with Crippen molar-refractivity contribution in [1.29, 1.82) is 0 Å². The Morgan fingerprint density at radius 1 is 1.10 bits per heavy atom. The number of nitrogens with zero attached hydrogens (tertiary/aromatic N) is 4. The maximum absolute atomic E-state index is 5.20. The third-order valence-electron chi connectivity index (χ3n) is 2.71. The quantitative estimate of drug-likeness (QED) is 0.593. The number of nitrogens with one attached hydrogen (secondary N) is 1. The van der Waals surface area contributed by atoms with Gasteiger partial charge in [0.25, 0.3) is 0 Å². The molecule has 0 fully saturated rings. The summed E-state index contributed by atoms with van der Waals surface area (Å²) in [5, 5.41) is 11.3. The first-order valence-electron chi connectivity index (χ1n) is 6.02. The minimum atomic E-state index is 0.448. The van der Waals surface area contributed by atoms with E-state index in [-0.39, 0.29) is 0 Å². The van der Waals surface area contributed by atoms with Gasteiger partial charge in [-0.2, -0.15) is 14.9 Å². The fourth-order valence-electron chi connectivity index (χ4n) is 1.75. The summed E-state index contributed by atoms with van der Waals surface area (Å²) in [5.74, 6) is 0.657. The van der Waals surface area contributed by atoms with Gasteiger partial charge in [0, 0.05) is 18.0 Å². The summed E-state index contributed by atoms with van der Waals surface area (Å²) >= 11 is 5.20. The van der Waals surface area contributed by atoms with Gasteiger partial charge in [0.1, 0.15) is 0 Å². The van der Waals surface area contributed by atoms with Gasteiger partial charge in [0.05, 0.1) is 6.21 Å². The number of aromatic nitrogens is 4. The lowest BCUT2D eigenvalue weighted by Gasteiger charge is -2.00. The first-order chi connectivity index (χ1) is 9.84. The van der Waals surface area contributed by atoms with Crippen molar-refractivity contribution in [3.05, 3.63) is 65.2 Å². The highest BCUT2D eigenvalue weighted by Gasteiger charge is 2.07. The van der Waals surface area contributed by atoms with Gasteiger partial charge >= 0.3 is 0 Å². The first-order valence-corrected chi connectivity index (χ1v) is 6.42. The van der Waals surface area contributed by atoms with Crippen molar-refractivity contribution >= 4 is 18.4 Å². The summed E-state index contributed by atoms with van der Waals surface area (Å²) < 4.78 is 2.04. The van der Waals surface area contributed by atoms with Gasteiger partial charge in [-0.15, -0.1) is 0 Å². The van der Waals surface area contributed by atoms with Crippen molar-refractivity contribution in [2.45, 2.75) is 0 Å². The van der Waals surface area contributed by atoms with Crippen LogP contribution < -0.4 is 0 Å². The van der Waals surface area contributed by atoms with Crippen molar-refractivity contribution in [1.82, 2.24) is 19.9 Å². The Kier molecular flexibility index (Phi) is 3.47. The molecule has 6 heteroatoms. The standard InChI is InChI=1S/C14H11N5S/c20-14-18-17-13(12-6-8-15-9-7-12)19(14)16-10-11-4-2-1-3-5-11/h1-10H,(H,18,20)/b16-10-. The van der Waals surface area contributed by atoms with Crippen LogP contribution in [0.2, 0.25) is 0 Å². The summed E-state index contributed by atoms with van der Waals surface area (Å²) in [7, 11) is 0. The predicted molar refractivity (Wildman–Crippen MR) is 80.1 cm³/mol. The van der Waals surface area contributed by atoms with Gasteiger partial charge in [0.15, 0.2) is 5.82 Å². The molecular formula is C14H11N5S. The zero-order valence-corrected chi connectivity index (χ0v) is 11.3. The molecule has 0 aliphatic carbocycles. The Morgan fingerprint density at radius 2 is 1.85 bits per heavy atom. The highest BCUT2D eigenvalue weighted by molar-refractivity contribution is 7.71. The van der Waals surface area contributed by atoms with Crippen LogP contribution in [0.1, 0.15) is 5.56 Å². The SMILES string of the molecule is S=c1[nH]nc(-c2ccncc2)n1/N=C\c1ccccc1. The molecule has 3 aromatic rings. The molecule has 0 saturated carbocycles. The molecule has 0 spiro atoms. The Balaban J connectivity index is 2.01. The minimum absolute atomic E-state index is 0.448. The van der Waals surface area contributed by atoms with Crippen LogP contribution in [-0.2, 0) is 0 Å². The summed E-state index contributed by atoms with van der Waals surface area (Å²) in [5.41, 5.74) is 1.90. The molecule has 0 radical (unpaired) electrons. The van der Waals surface area contributed by atoms with E-state index in [0.29, 0.717) is 10.6 Å². The van der Waals surface area contributed by atoms with E-state index < -0.39 is 0 Å². The van der Waals surface area contributed by atoms with E-state index in [4.69, 9.17) is 12.2 Å². The largest absolute Gasteiger partial charge is 0.265 e. The smallest absolute Gasteiger partial charge is 0.216 e. The van der Waals surface area contributed by atoms with Crippen LogP contribution in [0, 0.1) is 4.77 Å². The minimum Gasteiger partial charge on any atom is -0.265 e. The summed E-state index contributed by atoms with van der Waals surface area (Å²) in [6.45, 7) is 0. The molecule has 3 rings (SSSR count). The average molecular weight is 281 g/mol. The molecule has 0 amide bonds. The maximum Gasteiger partial charge on any atom is 0.216 e. The summed E-state index contributed by atoms with van der Waals surface area (Å²) in [6, 6.07) is 13.5. The zero-order valence-electron chi connectivity index (χ0n) is 10.5. The fraction of sp³-hybridized carbons (Fsp3) is 0. The van der Waals surface area contributed by atoms with Crippen LogP contribution in [0.3, 0.4) is 0 Å². The normalized spacial score (nSPS) is 11.0. The van der Waals surface area contributed by atoms with Crippen LogP contribution >= 0.6 is 12.2 Å². The van der Waals surface area contributed by atoms with Crippen LogP contribution in [0.5, 0.6) is 0 Å². The zero-order chi connectivity index (χ0) is 13.8. The second-order valence-corrected chi connectivity index (χ2v) is 4.44. The molecule has 0 aliphatic heterocycles. The molecule has 0 bridgehead atoms. The molecule has 2 aromatic heterocycles. The first kappa shape index (κ1) is 12.4. The lowest BCUT2D eigenvalue weighted by Crippen LogP contribution is -1.95. The van der Waals surface area contributed by atoms with Crippen molar-refractivity contribution in [3.8, 4) is 11.4 Å². The van der Waals surface area contributed by atoms with E-state index in [2.05, 4.69) is 20.3 Å². The van der Waals surface area contributed by atoms with Crippen molar-refractivity contribution < 1.29 is 0 Å². The van der Waals surface area contributed by atoms with Gasteiger partial charge in [-0.25, -0.2) is 5.10 Å². The highest BCUT2D eigenvalue weighted by Crippen LogP contribution is 2.15. The van der Waals surface area contributed by atoms with Gasteiger partial charge in [0.2, 0.25) is 4.77 Å². The molecule has 0 aliphatic rings. The molecule has 1 N–H and O–H groups in total. The molecule has 0 atom stereocenters. The van der Waals surface area contributed by atoms with Crippen molar-refractivity contribution in [3.63, 3.8) is 0 Å². The Morgan fingerprint density at radius 3 is 2.60 bits per heavy atom. The third kappa shape index (κ3) is 2.55. The molecule has 0 saturated heterocycles. The molecule has 2 heterocycles. The molecule has 5 nitrogen and oxygen atoms in total. The second-order valence-electron chi connectivity index (χ2n) is 4.06. The maximum atomic E-state index is 5.20. The van der Waals surface area contributed by atoms with E-state index in [0.717, 1.165) is 11.1 Å². The van der Waals surface area contributed by atoms with E-state index >= 15 is 0 Å². The summed E-state index contributed by atoms with van der Waals surface area (Å²) in [4.78, 5) is 3.99. The lowest BCUT2D eigenvalue weighted by atomic mass is 10.2. The number of hydrogen-bond donors (Lipinski definition) is 1. The average Bonchev–Trinajstić information content (AvgIpc) is 2.88. The lowest BCUT2D eigenvalue weighted by molar-refractivity contribution is 0.871. The van der Waals surface area contributed by atoms with E-state index in [1.807, 2.05) is 42.5 Å². The van der Waals surface area contributed by atoms with Crippen LogP contribution in [0.15, 0.2) is 60.0 Å². The van der Waals surface area contributed by atoms with Crippen LogP contribution in [-0.4, -0.2) is 26.1 Å². The number of benzene rings is 1. The van der Waals surface area contributed by atoms with E-state index in [1.54, 1.807) is 23.3 Å². The Bertz CT molecular complexity index is 774. The van der Waals surface area contributed by atoms with Gasteiger partial charge in [-0.05, 0) is 29.9 Å². The number of hydrogen-bond acceptors (Lipinski definition) is 4. The molecular weight excluding hydrogens is 270 g/mol. The van der Waals surface area contributed by atoms with Gasteiger partial charge < -0.3 is 0 Å². The van der Waals surface area contributed by atoms with E-state index in [9.17, 15) is 0 Å². The number of rotatable bonds is 3. The molecule has 20 heavy (non-hydrogen) atoms. The molecule has 0 unspecified atom stereocenters. The molecule has 1 aromatic carbocycles. The highest BCUT2D eigenvalue weighted by atomic mass is 32.1. The number of pyridine rings is 1. The topological polar surface area (TPSA) is 58.9 Å². The van der Waals surface area contributed by atoms with Crippen LogP contribution in [0.4, 0.5) is 0 Å². The predicted octanol–water partition coefficient (Wildman–Crippen LogP) is 2.88. The van der Waals surface area contributed by atoms with Gasteiger partial charge in [-0.1, -0.05) is 30.3 Å². The Hall–Kier alpha value is -2.60. The fourth-order valence-corrected chi connectivity index (χ4v) is 1.93. The third-order valence-corrected chi connectivity index (χ3v) is 2.98. The van der Waals surface area contributed by atoms with Gasteiger partial charge in [-0.3, -0.25) is 4.98 Å². The Labute approximate surface area is 120 Å². The van der Waals surface area contributed by atoms with Crippen molar-refractivity contribution in [2.75, 3.05) is 0 Å². The van der Waals surface area contributed by atoms with Crippen molar-refractivity contribution in [2.24, 2.45) is 5.10 Å². The monoisotopic (exact) mass is 281 g/mol. The van der Waals surface area contributed by atoms with E-state index in [1.165, 1.54) is 0 Å².